The Morgan fingerprint density at radius 1 is 1.15 bits per heavy atom. The number of carboxylic acids is 1. The van der Waals surface area contributed by atoms with Crippen LogP contribution in [0.1, 0.15) is 37.4 Å². The number of carboxylic acid groups (broad SMARTS) is 1. The van der Waals surface area contributed by atoms with Crippen molar-refractivity contribution in [2.24, 2.45) is 0 Å². The van der Waals surface area contributed by atoms with E-state index in [9.17, 15) is 9.90 Å². The predicted molar refractivity (Wildman–Crippen MR) is 133 cm³/mol. The molecule has 2 N–H and O–H groups in total. The second-order valence-electron chi connectivity index (χ2n) is 7.92. The average molecular weight is 481 g/mol. The third-order valence-corrected chi connectivity index (χ3v) is 6.60. The van der Waals surface area contributed by atoms with E-state index in [1.165, 1.54) is 0 Å². The Kier molecular flexibility index (Phi) is 7.37. The van der Waals surface area contributed by atoms with Gasteiger partial charge in [0.15, 0.2) is 11.5 Å². The number of fused-ring (bicyclic) bond motifs is 1. The number of rotatable bonds is 11. The lowest BCUT2D eigenvalue weighted by atomic mass is 10.0. The number of aromatic amines is 1. The molecule has 0 fully saturated rings. The van der Waals surface area contributed by atoms with Crippen LogP contribution in [0.15, 0.2) is 48.0 Å². The molecule has 1 unspecified atom stereocenters. The Hall–Kier alpha value is -3.52. The summed E-state index contributed by atoms with van der Waals surface area (Å²) in [5.41, 5.74) is 3.73. The van der Waals surface area contributed by atoms with Gasteiger partial charge in [-0.3, -0.25) is 4.79 Å². The second kappa shape index (κ2) is 10.6. The predicted octanol–water partition coefficient (Wildman–Crippen LogP) is 5.90. The summed E-state index contributed by atoms with van der Waals surface area (Å²) in [5.74, 6) is 0.597. The second-order valence-corrected chi connectivity index (χ2v) is 8.78. The normalized spacial score (nSPS) is 12.0. The lowest BCUT2D eigenvalue weighted by Crippen LogP contribution is -2.07. The third kappa shape index (κ3) is 5.17. The number of hydrogen-bond donors (Lipinski definition) is 2. The molecule has 34 heavy (non-hydrogen) atoms. The van der Waals surface area contributed by atoms with Gasteiger partial charge in [0.25, 0.3) is 0 Å². The molecule has 0 saturated heterocycles. The van der Waals surface area contributed by atoms with Gasteiger partial charge in [0, 0.05) is 34.5 Å². The molecule has 2 aromatic heterocycles. The molecule has 0 aliphatic carbocycles. The van der Waals surface area contributed by atoms with Gasteiger partial charge in [-0.15, -0.1) is 11.3 Å². The van der Waals surface area contributed by atoms with Crippen molar-refractivity contribution in [1.82, 2.24) is 9.97 Å². The highest BCUT2D eigenvalue weighted by atomic mass is 32.1. The van der Waals surface area contributed by atoms with E-state index in [0.29, 0.717) is 36.9 Å². The van der Waals surface area contributed by atoms with Crippen molar-refractivity contribution in [1.29, 1.82) is 0 Å². The van der Waals surface area contributed by atoms with Crippen LogP contribution in [0, 0.1) is 0 Å². The number of methoxy groups -OCH3 is 1. The van der Waals surface area contributed by atoms with Crippen molar-refractivity contribution < 1.29 is 24.1 Å². The molecule has 0 saturated carbocycles. The first-order valence-electron chi connectivity index (χ1n) is 11.2. The number of carbonyl (C=O) groups is 1. The number of nitrogens with one attached hydrogen (secondary N) is 1. The van der Waals surface area contributed by atoms with Gasteiger partial charge in [0.1, 0.15) is 10.8 Å². The topological polar surface area (TPSA) is 93.7 Å². The van der Waals surface area contributed by atoms with Crippen molar-refractivity contribution >= 4 is 28.2 Å². The number of H-pyrrole nitrogens is 1. The van der Waals surface area contributed by atoms with Gasteiger partial charge >= 0.3 is 5.97 Å². The Morgan fingerprint density at radius 2 is 1.97 bits per heavy atom. The van der Waals surface area contributed by atoms with Gasteiger partial charge < -0.3 is 24.3 Å². The first kappa shape index (κ1) is 23.6. The van der Waals surface area contributed by atoms with Crippen molar-refractivity contribution in [3.05, 3.63) is 59.2 Å². The quantitative estimate of drug-likeness (QED) is 0.260. The van der Waals surface area contributed by atoms with Gasteiger partial charge in [-0.05, 0) is 55.3 Å². The maximum Gasteiger partial charge on any atom is 0.310 e. The SMILES string of the molecule is CCc1csc(-c2ccc(OCCCOc3ccc4[nH]cc(C(C)C(=O)O)c4c3)c(OC)c2)n1. The van der Waals surface area contributed by atoms with Crippen LogP contribution < -0.4 is 14.2 Å². The number of nitrogens with zero attached hydrogens (tertiary/aromatic N) is 1. The van der Waals surface area contributed by atoms with Crippen LogP contribution >= 0.6 is 11.3 Å². The summed E-state index contributed by atoms with van der Waals surface area (Å²) in [6.45, 7) is 4.71. The fourth-order valence-corrected chi connectivity index (χ4v) is 4.56. The minimum atomic E-state index is -0.856. The average Bonchev–Trinajstić information content (AvgIpc) is 3.50. The Balaban J connectivity index is 1.32. The highest BCUT2D eigenvalue weighted by Crippen LogP contribution is 2.34. The minimum absolute atomic E-state index is 0.471. The smallest absolute Gasteiger partial charge is 0.310 e. The third-order valence-electron chi connectivity index (χ3n) is 5.66. The van der Waals surface area contributed by atoms with Crippen molar-refractivity contribution in [3.8, 4) is 27.8 Å². The van der Waals surface area contributed by atoms with E-state index in [4.69, 9.17) is 14.2 Å². The molecule has 4 aromatic rings. The zero-order valence-electron chi connectivity index (χ0n) is 19.5. The molecule has 2 heterocycles. The van der Waals surface area contributed by atoms with Gasteiger partial charge in [0.2, 0.25) is 0 Å². The van der Waals surface area contributed by atoms with E-state index >= 15 is 0 Å². The summed E-state index contributed by atoms with van der Waals surface area (Å²) in [4.78, 5) is 19.1. The van der Waals surface area contributed by atoms with Crippen LogP contribution in [0.2, 0.25) is 0 Å². The molecule has 178 valence electrons. The number of aromatic nitrogens is 2. The van der Waals surface area contributed by atoms with Crippen molar-refractivity contribution in [3.63, 3.8) is 0 Å². The molecular weight excluding hydrogens is 452 g/mol. The number of aryl methyl sites for hydroxylation is 1. The van der Waals surface area contributed by atoms with E-state index in [1.54, 1.807) is 31.6 Å². The summed E-state index contributed by atoms with van der Waals surface area (Å²) < 4.78 is 17.3. The number of thiazole rings is 1. The maximum atomic E-state index is 11.4. The van der Waals surface area contributed by atoms with E-state index in [1.807, 2.05) is 36.4 Å². The van der Waals surface area contributed by atoms with Crippen LogP contribution in [-0.4, -0.2) is 41.4 Å². The minimum Gasteiger partial charge on any atom is -0.493 e. The lowest BCUT2D eigenvalue weighted by molar-refractivity contribution is -0.138. The van der Waals surface area contributed by atoms with E-state index < -0.39 is 11.9 Å². The molecule has 1 atom stereocenters. The number of hydrogen-bond acceptors (Lipinski definition) is 6. The molecule has 0 aliphatic heterocycles. The molecule has 8 heteroatoms. The summed E-state index contributed by atoms with van der Waals surface area (Å²) >= 11 is 1.62. The molecule has 0 spiro atoms. The molecule has 0 radical (unpaired) electrons. The Bertz CT molecular complexity index is 1280. The number of benzene rings is 2. The van der Waals surface area contributed by atoms with Crippen molar-refractivity contribution in [2.45, 2.75) is 32.6 Å². The molecule has 0 amide bonds. The molecule has 2 aromatic carbocycles. The summed E-state index contributed by atoms with van der Waals surface area (Å²) in [6.07, 6.45) is 3.34. The zero-order chi connectivity index (χ0) is 24.1. The van der Waals surface area contributed by atoms with Crippen LogP contribution in [0.4, 0.5) is 0 Å². The highest BCUT2D eigenvalue weighted by Gasteiger charge is 2.18. The summed E-state index contributed by atoms with van der Waals surface area (Å²) in [7, 11) is 1.63. The monoisotopic (exact) mass is 480 g/mol. The largest absolute Gasteiger partial charge is 0.493 e. The zero-order valence-corrected chi connectivity index (χ0v) is 20.3. The van der Waals surface area contributed by atoms with Crippen LogP contribution in [0.25, 0.3) is 21.5 Å². The van der Waals surface area contributed by atoms with E-state index in [2.05, 4.69) is 22.3 Å². The molecule has 4 rings (SSSR count). The Labute approximate surface area is 202 Å². The first-order chi connectivity index (χ1) is 16.5. The number of aliphatic carboxylic acids is 1. The molecule has 0 aliphatic rings. The maximum absolute atomic E-state index is 11.4. The fourth-order valence-electron chi connectivity index (χ4n) is 3.66. The first-order valence-corrected chi connectivity index (χ1v) is 12.1. The summed E-state index contributed by atoms with van der Waals surface area (Å²) in [5, 5.41) is 13.2. The Morgan fingerprint density at radius 3 is 2.71 bits per heavy atom. The molecule has 7 nitrogen and oxygen atoms in total. The fraction of sp³-hybridized carbons (Fsp3) is 0.308. The molecular formula is C26H28N2O5S. The standard InChI is InChI=1S/C26H28N2O5S/c1-4-18-15-34-25(28-18)17-6-9-23(24(12-17)31-3)33-11-5-10-32-19-7-8-22-20(13-19)21(14-27-22)16(2)26(29)30/h6-9,12-16,27H,4-5,10-11H2,1-3H3,(H,29,30). The van der Waals surface area contributed by atoms with Gasteiger partial charge in [0.05, 0.1) is 31.9 Å². The van der Waals surface area contributed by atoms with Crippen LogP contribution in [-0.2, 0) is 11.2 Å². The summed E-state index contributed by atoms with van der Waals surface area (Å²) in [6, 6.07) is 11.5. The van der Waals surface area contributed by atoms with E-state index in [0.717, 1.165) is 39.2 Å². The van der Waals surface area contributed by atoms with Gasteiger partial charge in [-0.1, -0.05) is 6.92 Å². The van der Waals surface area contributed by atoms with Crippen molar-refractivity contribution in [2.75, 3.05) is 20.3 Å². The van der Waals surface area contributed by atoms with E-state index in [-0.39, 0.29) is 0 Å². The van der Waals surface area contributed by atoms with Gasteiger partial charge in [-0.2, -0.15) is 0 Å². The highest BCUT2D eigenvalue weighted by molar-refractivity contribution is 7.13. The van der Waals surface area contributed by atoms with Crippen LogP contribution in [0.3, 0.4) is 0 Å². The van der Waals surface area contributed by atoms with Crippen LogP contribution in [0.5, 0.6) is 17.2 Å². The number of ether oxygens (including phenoxy) is 3. The lowest BCUT2D eigenvalue weighted by Gasteiger charge is -2.12. The van der Waals surface area contributed by atoms with Gasteiger partial charge in [-0.25, -0.2) is 4.98 Å². The molecule has 0 bridgehead atoms.